The summed E-state index contributed by atoms with van der Waals surface area (Å²) in [6.45, 7) is 3.32. The molecule has 1 N–H and O–H groups in total. The van der Waals surface area contributed by atoms with Gasteiger partial charge in [0.2, 0.25) is 0 Å². The maximum Gasteiger partial charge on any atom is 0.317 e. The topological polar surface area (TPSA) is 41.6 Å². The average Bonchev–Trinajstić information content (AvgIpc) is 3.37. The van der Waals surface area contributed by atoms with E-state index in [0.29, 0.717) is 19.1 Å². The number of ether oxygens (including phenoxy) is 1. The van der Waals surface area contributed by atoms with Crippen molar-refractivity contribution in [3.8, 4) is 0 Å². The molecule has 0 radical (unpaired) electrons. The molecule has 0 saturated heterocycles. The van der Waals surface area contributed by atoms with Crippen molar-refractivity contribution in [2.45, 2.75) is 38.3 Å². The van der Waals surface area contributed by atoms with E-state index >= 15 is 0 Å². The first-order valence-electron chi connectivity index (χ1n) is 7.99. The van der Waals surface area contributed by atoms with Gasteiger partial charge >= 0.3 is 6.03 Å². The van der Waals surface area contributed by atoms with Gasteiger partial charge in [-0.25, -0.2) is 4.79 Å². The van der Waals surface area contributed by atoms with Crippen molar-refractivity contribution < 1.29 is 9.53 Å². The minimum absolute atomic E-state index is 0.0310. The molecule has 1 saturated carbocycles. The van der Waals surface area contributed by atoms with Crippen LogP contribution in [0.5, 0.6) is 0 Å². The average molecular weight is 302 g/mol. The monoisotopic (exact) mass is 302 g/mol. The third-order valence-electron chi connectivity index (χ3n) is 3.89. The summed E-state index contributed by atoms with van der Waals surface area (Å²) in [7, 11) is 1.69. The number of nitrogens with one attached hydrogen (secondary N) is 1. The number of carbonyl (C=O) groups excluding carboxylic acids is 1. The predicted molar refractivity (Wildman–Crippen MR) is 89.7 cm³/mol. The summed E-state index contributed by atoms with van der Waals surface area (Å²) in [5, 5.41) is 2.99. The summed E-state index contributed by atoms with van der Waals surface area (Å²) in [5.74, 6) is 0. The maximum atomic E-state index is 12.3. The number of nitrogens with zero attached hydrogens (tertiary/aromatic N) is 1. The van der Waals surface area contributed by atoms with E-state index in [1.54, 1.807) is 7.11 Å². The molecule has 0 bridgehead atoms. The molecular formula is C18H26N2O2. The Morgan fingerprint density at radius 2 is 2.14 bits per heavy atom. The lowest BCUT2D eigenvalue weighted by Gasteiger charge is -2.21. The lowest BCUT2D eigenvalue weighted by Crippen LogP contribution is -2.42. The highest BCUT2D eigenvalue weighted by Gasteiger charge is 2.31. The summed E-state index contributed by atoms with van der Waals surface area (Å²) in [6, 6.07) is 10.6. The fourth-order valence-electron chi connectivity index (χ4n) is 2.25. The molecule has 4 nitrogen and oxygen atoms in total. The van der Waals surface area contributed by atoms with Crippen LogP contribution in [0.25, 0.3) is 6.08 Å². The van der Waals surface area contributed by atoms with Crippen LogP contribution in [0.15, 0.2) is 36.4 Å². The Kier molecular flexibility index (Phi) is 6.46. The second kappa shape index (κ2) is 8.59. The number of methoxy groups -OCH3 is 1. The van der Waals surface area contributed by atoms with Crippen molar-refractivity contribution in [2.75, 3.05) is 20.2 Å². The van der Waals surface area contributed by atoms with Crippen LogP contribution in [-0.4, -0.2) is 43.3 Å². The molecule has 1 aromatic carbocycles. The molecule has 0 heterocycles. The number of benzene rings is 1. The first kappa shape index (κ1) is 16.6. The summed E-state index contributed by atoms with van der Waals surface area (Å²) < 4.78 is 5.19. The lowest BCUT2D eigenvalue weighted by atomic mass is 10.2. The van der Waals surface area contributed by atoms with Crippen LogP contribution < -0.4 is 5.32 Å². The molecule has 1 aliphatic rings. The van der Waals surface area contributed by atoms with Gasteiger partial charge in [0.05, 0.1) is 6.10 Å². The Bertz CT molecular complexity index is 483. The number of amides is 2. The molecule has 2 amide bonds. The van der Waals surface area contributed by atoms with Gasteiger partial charge in [0.15, 0.2) is 0 Å². The van der Waals surface area contributed by atoms with E-state index in [9.17, 15) is 4.79 Å². The Morgan fingerprint density at radius 3 is 2.77 bits per heavy atom. The van der Waals surface area contributed by atoms with E-state index in [4.69, 9.17) is 4.74 Å². The standard InChI is InChI=1S/C18H26N2O2/c1-15(22-2)12-13-19-18(21)20(17-10-11-17)14-6-9-16-7-4-3-5-8-16/h3-9,15,17H,10-14H2,1-2H3,(H,19,21)/b9-6+. The van der Waals surface area contributed by atoms with Crippen LogP contribution >= 0.6 is 0 Å². The molecule has 2 rings (SSSR count). The van der Waals surface area contributed by atoms with Gasteiger partial charge in [0, 0.05) is 26.2 Å². The summed E-state index contributed by atoms with van der Waals surface area (Å²) in [6.07, 6.45) is 7.36. The minimum Gasteiger partial charge on any atom is -0.382 e. The van der Waals surface area contributed by atoms with Crippen molar-refractivity contribution in [1.82, 2.24) is 10.2 Å². The molecule has 0 aliphatic heterocycles. The molecule has 4 heteroatoms. The first-order chi connectivity index (χ1) is 10.7. The molecular weight excluding hydrogens is 276 g/mol. The molecule has 1 unspecified atom stereocenters. The van der Waals surface area contributed by atoms with Crippen molar-refractivity contribution in [3.05, 3.63) is 42.0 Å². The van der Waals surface area contributed by atoms with Gasteiger partial charge in [-0.15, -0.1) is 0 Å². The van der Waals surface area contributed by atoms with Crippen LogP contribution in [0.2, 0.25) is 0 Å². The molecule has 0 aromatic heterocycles. The first-order valence-corrected chi connectivity index (χ1v) is 7.99. The third kappa shape index (κ3) is 5.53. The molecule has 1 atom stereocenters. The van der Waals surface area contributed by atoms with Gasteiger partial charge in [-0.1, -0.05) is 42.5 Å². The van der Waals surface area contributed by atoms with E-state index in [0.717, 1.165) is 24.8 Å². The van der Waals surface area contributed by atoms with Gasteiger partial charge in [-0.2, -0.15) is 0 Å². The molecule has 1 fully saturated rings. The zero-order valence-corrected chi connectivity index (χ0v) is 13.5. The summed E-state index contributed by atoms with van der Waals surface area (Å²) in [4.78, 5) is 14.2. The Morgan fingerprint density at radius 1 is 1.41 bits per heavy atom. The molecule has 22 heavy (non-hydrogen) atoms. The fourth-order valence-corrected chi connectivity index (χ4v) is 2.25. The third-order valence-corrected chi connectivity index (χ3v) is 3.89. The van der Waals surface area contributed by atoms with E-state index in [1.807, 2.05) is 30.0 Å². The Hall–Kier alpha value is -1.81. The molecule has 1 aliphatic carbocycles. The lowest BCUT2D eigenvalue weighted by molar-refractivity contribution is 0.110. The maximum absolute atomic E-state index is 12.3. The second-order valence-electron chi connectivity index (χ2n) is 5.76. The number of rotatable bonds is 8. The SMILES string of the molecule is COC(C)CCNC(=O)N(C/C=C/c1ccccc1)C1CC1. The summed E-state index contributed by atoms with van der Waals surface area (Å²) in [5.41, 5.74) is 1.16. The van der Waals surface area contributed by atoms with Crippen LogP contribution in [0.4, 0.5) is 4.79 Å². The molecule has 1 aromatic rings. The van der Waals surface area contributed by atoms with Crippen molar-refractivity contribution in [2.24, 2.45) is 0 Å². The number of carbonyl (C=O) groups is 1. The van der Waals surface area contributed by atoms with Gasteiger partial charge in [-0.05, 0) is 31.7 Å². The van der Waals surface area contributed by atoms with Crippen molar-refractivity contribution in [1.29, 1.82) is 0 Å². The second-order valence-corrected chi connectivity index (χ2v) is 5.76. The predicted octanol–water partition coefficient (Wildman–Crippen LogP) is 3.30. The van der Waals surface area contributed by atoms with Crippen LogP contribution in [0, 0.1) is 0 Å². The largest absolute Gasteiger partial charge is 0.382 e. The van der Waals surface area contributed by atoms with Gasteiger partial charge < -0.3 is 15.0 Å². The highest BCUT2D eigenvalue weighted by Crippen LogP contribution is 2.26. The van der Waals surface area contributed by atoms with Gasteiger partial charge in [-0.3, -0.25) is 0 Å². The van der Waals surface area contributed by atoms with Crippen LogP contribution in [-0.2, 0) is 4.74 Å². The quantitative estimate of drug-likeness (QED) is 0.800. The molecule has 0 spiro atoms. The zero-order chi connectivity index (χ0) is 15.8. The number of hydrogen-bond acceptors (Lipinski definition) is 2. The van der Waals surface area contributed by atoms with Gasteiger partial charge in [0.1, 0.15) is 0 Å². The normalized spacial score (nSPS) is 15.7. The van der Waals surface area contributed by atoms with Crippen molar-refractivity contribution in [3.63, 3.8) is 0 Å². The van der Waals surface area contributed by atoms with Crippen molar-refractivity contribution >= 4 is 12.1 Å². The highest BCUT2D eigenvalue weighted by molar-refractivity contribution is 5.75. The zero-order valence-electron chi connectivity index (χ0n) is 13.5. The van der Waals surface area contributed by atoms with Crippen LogP contribution in [0.3, 0.4) is 0 Å². The Balaban J connectivity index is 1.79. The van der Waals surface area contributed by atoms with Gasteiger partial charge in [0.25, 0.3) is 0 Å². The van der Waals surface area contributed by atoms with E-state index in [1.165, 1.54) is 0 Å². The van der Waals surface area contributed by atoms with Crippen LogP contribution in [0.1, 0.15) is 31.7 Å². The number of urea groups is 1. The fraction of sp³-hybridized carbons (Fsp3) is 0.500. The molecule has 120 valence electrons. The van der Waals surface area contributed by atoms with E-state index < -0.39 is 0 Å². The van der Waals surface area contributed by atoms with E-state index in [2.05, 4.69) is 29.6 Å². The minimum atomic E-state index is 0.0310. The highest BCUT2D eigenvalue weighted by atomic mass is 16.5. The Labute approximate surface area is 133 Å². The number of hydrogen-bond donors (Lipinski definition) is 1. The van der Waals surface area contributed by atoms with E-state index in [-0.39, 0.29) is 12.1 Å². The smallest absolute Gasteiger partial charge is 0.317 e. The summed E-state index contributed by atoms with van der Waals surface area (Å²) >= 11 is 0.